The van der Waals surface area contributed by atoms with Crippen molar-refractivity contribution in [2.75, 3.05) is 6.61 Å². The van der Waals surface area contributed by atoms with Gasteiger partial charge < -0.3 is 19.0 Å². The van der Waals surface area contributed by atoms with Crippen LogP contribution in [0.4, 0.5) is 0 Å². The quantitative estimate of drug-likeness (QED) is 0.170. The molecule has 8 nitrogen and oxygen atoms in total. The van der Waals surface area contributed by atoms with Crippen molar-refractivity contribution in [2.24, 2.45) is 0 Å². The first kappa shape index (κ1) is 32.6. The number of carbonyl (C=O) groups is 2. The van der Waals surface area contributed by atoms with E-state index in [2.05, 4.69) is 31.9 Å². The van der Waals surface area contributed by atoms with Crippen molar-refractivity contribution in [3.05, 3.63) is 161 Å². The van der Waals surface area contributed by atoms with Crippen molar-refractivity contribution in [3.8, 4) is 0 Å². The van der Waals surface area contributed by atoms with E-state index in [1.165, 1.54) is 6.20 Å². The van der Waals surface area contributed by atoms with E-state index in [0.29, 0.717) is 29.4 Å². The number of ether oxygens (including phenoxy) is 1. The molecule has 2 heterocycles. The molecule has 4 aromatic carbocycles. The van der Waals surface area contributed by atoms with E-state index in [4.69, 9.17) is 4.74 Å². The molecule has 0 saturated heterocycles. The van der Waals surface area contributed by atoms with E-state index in [9.17, 15) is 24.3 Å². The van der Waals surface area contributed by atoms with Crippen LogP contribution in [0.1, 0.15) is 38.8 Å². The summed E-state index contributed by atoms with van der Waals surface area (Å²) in [6.07, 6.45) is 3.00. The summed E-state index contributed by atoms with van der Waals surface area (Å²) in [6, 6.07) is 30.4. The van der Waals surface area contributed by atoms with Gasteiger partial charge in [0.15, 0.2) is 0 Å². The lowest BCUT2D eigenvalue weighted by Crippen LogP contribution is -2.21. The third kappa shape index (κ3) is 7.35. The number of carboxylic acid groups (broad SMARTS) is 1. The molecule has 6 rings (SSSR count). The predicted molar refractivity (Wildman–Crippen MR) is 186 cm³/mol. The molecule has 0 saturated carbocycles. The number of carbonyl (C=O) groups excluding carboxylic acids is 1. The Kier molecular flexibility index (Phi) is 10.3. The minimum Gasteiger partial charge on any atom is -0.477 e. The van der Waals surface area contributed by atoms with E-state index < -0.39 is 17.4 Å². The second-order valence-electron chi connectivity index (χ2n) is 10.3. The molecular weight excluding hydrogens is 716 g/mol. The van der Waals surface area contributed by atoms with Crippen LogP contribution in [0.15, 0.2) is 128 Å². The van der Waals surface area contributed by atoms with Gasteiger partial charge in [0.1, 0.15) is 11.1 Å². The summed E-state index contributed by atoms with van der Waals surface area (Å²) >= 11 is 6.71. The average Bonchev–Trinajstić information content (AvgIpc) is 3.05. The maximum atomic E-state index is 12.7. The second kappa shape index (κ2) is 14.5. The number of halogens is 2. The first-order chi connectivity index (χ1) is 22.2. The molecule has 0 bridgehead atoms. The van der Waals surface area contributed by atoms with Gasteiger partial charge in [0, 0.05) is 45.2 Å². The van der Waals surface area contributed by atoms with Crippen molar-refractivity contribution in [3.63, 3.8) is 0 Å². The molecule has 232 valence electrons. The van der Waals surface area contributed by atoms with Crippen molar-refractivity contribution < 1.29 is 19.4 Å². The van der Waals surface area contributed by atoms with Gasteiger partial charge >= 0.3 is 11.9 Å². The van der Waals surface area contributed by atoms with Gasteiger partial charge in [-0.1, -0.05) is 92.5 Å². The molecule has 0 aliphatic carbocycles. The lowest BCUT2D eigenvalue weighted by molar-refractivity contribution is 0.0523. The number of pyridine rings is 2. The van der Waals surface area contributed by atoms with Crippen molar-refractivity contribution in [1.82, 2.24) is 9.13 Å². The maximum Gasteiger partial charge on any atom is 0.343 e. The van der Waals surface area contributed by atoms with Gasteiger partial charge in [-0.15, -0.1) is 0 Å². The monoisotopic (exact) mass is 742 g/mol. The number of aromatic carboxylic acids is 1. The normalized spacial score (nSPS) is 10.8. The smallest absolute Gasteiger partial charge is 0.343 e. The molecule has 0 unspecified atom stereocenters. The van der Waals surface area contributed by atoms with Gasteiger partial charge in [0.25, 0.3) is 0 Å². The molecule has 10 heteroatoms. The topological polar surface area (TPSA) is 108 Å². The number of rotatable bonds is 7. The summed E-state index contributed by atoms with van der Waals surface area (Å²) in [5, 5.41) is 10.1. The molecule has 0 amide bonds. The summed E-state index contributed by atoms with van der Waals surface area (Å²) < 4.78 is 10.3. The zero-order valence-corrected chi connectivity index (χ0v) is 27.8. The average molecular weight is 744 g/mol. The molecule has 2 aromatic heterocycles. The van der Waals surface area contributed by atoms with Gasteiger partial charge in [0.2, 0.25) is 10.9 Å². The molecule has 0 aliphatic heterocycles. The number of nitrogens with zero attached hydrogens (tertiary/aromatic N) is 2. The Bertz CT molecular complexity index is 2180. The third-order valence-electron chi connectivity index (χ3n) is 7.20. The summed E-state index contributed by atoms with van der Waals surface area (Å²) in [4.78, 5) is 48.5. The molecule has 46 heavy (non-hydrogen) atoms. The van der Waals surface area contributed by atoms with Gasteiger partial charge in [-0.2, -0.15) is 0 Å². The second-order valence-corrected chi connectivity index (χ2v) is 12.2. The number of esters is 1. The van der Waals surface area contributed by atoms with Crippen LogP contribution >= 0.6 is 31.9 Å². The number of hydrogen-bond acceptors (Lipinski definition) is 5. The molecule has 0 spiro atoms. The highest BCUT2D eigenvalue weighted by atomic mass is 79.9. The lowest BCUT2D eigenvalue weighted by Gasteiger charge is -2.13. The Hall–Kier alpha value is -4.80. The summed E-state index contributed by atoms with van der Waals surface area (Å²) in [5.74, 6) is -1.81. The zero-order valence-electron chi connectivity index (χ0n) is 24.7. The highest BCUT2D eigenvalue weighted by molar-refractivity contribution is 9.10. The largest absolute Gasteiger partial charge is 0.477 e. The number of benzene rings is 4. The Morgan fingerprint density at radius 3 is 1.54 bits per heavy atom. The maximum absolute atomic E-state index is 12.7. The highest BCUT2D eigenvalue weighted by Crippen LogP contribution is 2.21. The molecule has 0 fully saturated rings. The number of aromatic nitrogens is 2. The van der Waals surface area contributed by atoms with Gasteiger partial charge in [-0.3, -0.25) is 9.59 Å². The highest BCUT2D eigenvalue weighted by Gasteiger charge is 2.17. The van der Waals surface area contributed by atoms with Crippen LogP contribution in [0.25, 0.3) is 21.8 Å². The number of fused-ring (bicyclic) bond motifs is 2. The van der Waals surface area contributed by atoms with E-state index in [0.717, 1.165) is 25.6 Å². The Morgan fingerprint density at radius 2 is 1.11 bits per heavy atom. The fraction of sp³-hybridized carbons (Fsp3) is 0.111. The molecule has 1 N–H and O–H groups in total. The first-order valence-electron chi connectivity index (χ1n) is 14.3. The van der Waals surface area contributed by atoms with E-state index >= 15 is 0 Å². The summed E-state index contributed by atoms with van der Waals surface area (Å²) in [5.41, 5.74) is 2.66. The Balaban J connectivity index is 0.000000182. The van der Waals surface area contributed by atoms with Gasteiger partial charge in [-0.05, 0) is 54.4 Å². The summed E-state index contributed by atoms with van der Waals surface area (Å²) in [7, 11) is 0. The fourth-order valence-corrected chi connectivity index (χ4v) is 5.79. The molecule has 6 aromatic rings. The third-order valence-corrected chi connectivity index (χ3v) is 8.19. The van der Waals surface area contributed by atoms with Crippen LogP contribution in [0.5, 0.6) is 0 Å². The Labute approximate surface area is 280 Å². The zero-order chi connectivity index (χ0) is 32.8. The van der Waals surface area contributed by atoms with E-state index in [1.54, 1.807) is 29.8 Å². The van der Waals surface area contributed by atoms with Crippen LogP contribution < -0.4 is 10.9 Å². The molecule has 0 atom stereocenters. The van der Waals surface area contributed by atoms with Crippen molar-refractivity contribution in [1.29, 1.82) is 0 Å². The van der Waals surface area contributed by atoms with Crippen molar-refractivity contribution >= 4 is 65.6 Å². The first-order valence-corrected chi connectivity index (χ1v) is 15.9. The number of carboxylic acids is 1. The van der Waals surface area contributed by atoms with Gasteiger partial charge in [0.05, 0.1) is 17.6 Å². The van der Waals surface area contributed by atoms with E-state index in [-0.39, 0.29) is 23.2 Å². The standard InChI is InChI=1S/C19H16BrNO3.C17H12BrNO3/c1-2-24-19(23)16-12-21(11-13-6-4-3-5-7-13)17-9-8-14(20)10-15(17)18(16)22;18-12-6-7-15-13(8-12)16(20)14(17(21)22)10-19(15)9-11-4-2-1-3-5-11/h3-10,12H,2,11H2,1H3;1-8,10H,9H2,(H,21,22). The number of hydrogen-bond donors (Lipinski definition) is 1. The van der Waals surface area contributed by atoms with Crippen LogP contribution in [-0.4, -0.2) is 32.8 Å². The lowest BCUT2D eigenvalue weighted by atomic mass is 10.1. The van der Waals surface area contributed by atoms with Crippen LogP contribution in [0, 0.1) is 0 Å². The molecule has 0 aliphatic rings. The summed E-state index contributed by atoms with van der Waals surface area (Å²) in [6.45, 7) is 3.01. The van der Waals surface area contributed by atoms with Crippen LogP contribution in [0.3, 0.4) is 0 Å². The van der Waals surface area contributed by atoms with Crippen molar-refractivity contribution in [2.45, 2.75) is 20.0 Å². The SMILES string of the molecule is CCOC(=O)c1cn(Cc2ccccc2)c2ccc(Br)cc2c1=O.O=C(O)c1cn(Cc2ccccc2)c2ccc(Br)cc2c1=O. The van der Waals surface area contributed by atoms with Crippen LogP contribution in [0.2, 0.25) is 0 Å². The van der Waals surface area contributed by atoms with Gasteiger partial charge in [-0.25, -0.2) is 9.59 Å². The fourth-order valence-electron chi connectivity index (χ4n) is 5.07. The van der Waals surface area contributed by atoms with Crippen LogP contribution in [-0.2, 0) is 17.8 Å². The Morgan fingerprint density at radius 1 is 0.674 bits per heavy atom. The molecular formula is C36H28Br2N2O6. The minimum absolute atomic E-state index is 0.0541. The molecule has 0 radical (unpaired) electrons. The minimum atomic E-state index is -1.21. The van der Waals surface area contributed by atoms with E-state index in [1.807, 2.05) is 89.5 Å². The predicted octanol–water partition coefficient (Wildman–Crippen LogP) is 7.50.